The SMILES string of the molecule is Cc1cc2c(NC(=O)[C@H]3CNC[C@@H]3c3ccccc3)cccc2cn1. The number of nitrogens with one attached hydrogen (secondary N) is 2. The molecule has 1 aliphatic heterocycles. The maximum absolute atomic E-state index is 13.0. The summed E-state index contributed by atoms with van der Waals surface area (Å²) in [5.41, 5.74) is 3.01. The summed E-state index contributed by atoms with van der Waals surface area (Å²) in [7, 11) is 0. The number of rotatable bonds is 3. The third-order valence-electron chi connectivity index (χ3n) is 4.94. The van der Waals surface area contributed by atoms with E-state index in [9.17, 15) is 4.79 Å². The zero-order valence-corrected chi connectivity index (χ0v) is 14.2. The maximum Gasteiger partial charge on any atom is 0.229 e. The fourth-order valence-electron chi connectivity index (χ4n) is 3.61. The molecule has 0 aliphatic carbocycles. The van der Waals surface area contributed by atoms with Gasteiger partial charge in [-0.15, -0.1) is 0 Å². The van der Waals surface area contributed by atoms with Crippen LogP contribution in [0.1, 0.15) is 17.2 Å². The van der Waals surface area contributed by atoms with Crippen LogP contribution in [0, 0.1) is 12.8 Å². The first-order valence-corrected chi connectivity index (χ1v) is 8.64. The van der Waals surface area contributed by atoms with Gasteiger partial charge in [0.25, 0.3) is 0 Å². The molecule has 2 N–H and O–H groups in total. The Labute approximate surface area is 147 Å². The predicted molar refractivity (Wildman–Crippen MR) is 101 cm³/mol. The van der Waals surface area contributed by atoms with Gasteiger partial charge in [-0.1, -0.05) is 42.5 Å². The van der Waals surface area contributed by atoms with Gasteiger partial charge in [0.15, 0.2) is 0 Å². The average molecular weight is 331 g/mol. The van der Waals surface area contributed by atoms with E-state index in [4.69, 9.17) is 0 Å². The average Bonchev–Trinajstić information content (AvgIpc) is 3.13. The van der Waals surface area contributed by atoms with Crippen molar-refractivity contribution in [1.29, 1.82) is 0 Å². The quantitative estimate of drug-likeness (QED) is 0.772. The molecular formula is C21H21N3O. The Hall–Kier alpha value is -2.72. The van der Waals surface area contributed by atoms with Gasteiger partial charge in [-0.05, 0) is 24.6 Å². The summed E-state index contributed by atoms with van der Waals surface area (Å²) in [6.45, 7) is 3.50. The molecule has 126 valence electrons. The topological polar surface area (TPSA) is 54.0 Å². The minimum atomic E-state index is -0.0689. The van der Waals surface area contributed by atoms with E-state index in [1.807, 2.05) is 55.6 Å². The van der Waals surface area contributed by atoms with Crippen molar-refractivity contribution in [2.45, 2.75) is 12.8 Å². The first-order chi connectivity index (χ1) is 12.2. The molecule has 0 saturated carbocycles. The highest BCUT2D eigenvalue weighted by Gasteiger charge is 2.34. The molecule has 0 bridgehead atoms. The minimum absolute atomic E-state index is 0.0689. The fourth-order valence-corrected chi connectivity index (χ4v) is 3.61. The van der Waals surface area contributed by atoms with E-state index in [0.717, 1.165) is 28.7 Å². The van der Waals surface area contributed by atoms with Gasteiger partial charge in [0.1, 0.15) is 0 Å². The maximum atomic E-state index is 13.0. The van der Waals surface area contributed by atoms with Crippen LogP contribution in [0.3, 0.4) is 0 Å². The number of aromatic nitrogens is 1. The number of fused-ring (bicyclic) bond motifs is 1. The lowest BCUT2D eigenvalue weighted by Gasteiger charge is -2.19. The standard InChI is InChI=1S/C21H21N3O/c1-14-10-17-16(11-23-14)8-5-9-20(17)24-21(25)19-13-22-12-18(19)15-6-3-2-4-7-15/h2-11,18-19,22H,12-13H2,1H3,(H,24,25)/t18-,19+/m1/s1. The summed E-state index contributed by atoms with van der Waals surface area (Å²) in [6, 6.07) is 18.2. The van der Waals surface area contributed by atoms with Crippen LogP contribution in [0.15, 0.2) is 60.8 Å². The molecule has 25 heavy (non-hydrogen) atoms. The number of nitrogens with zero attached hydrogens (tertiary/aromatic N) is 1. The second-order valence-corrected chi connectivity index (χ2v) is 6.62. The number of hydrogen-bond donors (Lipinski definition) is 2. The monoisotopic (exact) mass is 331 g/mol. The van der Waals surface area contributed by atoms with Crippen molar-refractivity contribution in [3.8, 4) is 0 Å². The summed E-state index contributed by atoms with van der Waals surface area (Å²) < 4.78 is 0. The van der Waals surface area contributed by atoms with E-state index in [1.54, 1.807) is 0 Å². The van der Waals surface area contributed by atoms with Gasteiger partial charge in [-0.2, -0.15) is 0 Å². The number of benzene rings is 2. The fraction of sp³-hybridized carbons (Fsp3) is 0.238. The van der Waals surface area contributed by atoms with Crippen molar-refractivity contribution in [3.05, 3.63) is 72.1 Å². The summed E-state index contributed by atoms with van der Waals surface area (Å²) in [5.74, 6) is 0.209. The number of pyridine rings is 1. The van der Waals surface area contributed by atoms with Crippen molar-refractivity contribution in [2.24, 2.45) is 5.92 Å². The van der Waals surface area contributed by atoms with Crippen molar-refractivity contribution in [1.82, 2.24) is 10.3 Å². The Balaban J connectivity index is 1.61. The lowest BCUT2D eigenvalue weighted by atomic mass is 9.88. The first-order valence-electron chi connectivity index (χ1n) is 8.64. The minimum Gasteiger partial charge on any atom is -0.325 e. The van der Waals surface area contributed by atoms with E-state index in [-0.39, 0.29) is 17.7 Å². The van der Waals surface area contributed by atoms with Crippen LogP contribution in [-0.2, 0) is 4.79 Å². The summed E-state index contributed by atoms with van der Waals surface area (Å²) in [5, 5.41) is 8.58. The molecule has 4 rings (SSSR count). The van der Waals surface area contributed by atoms with Gasteiger partial charge >= 0.3 is 0 Å². The molecule has 1 amide bonds. The van der Waals surface area contributed by atoms with Gasteiger partial charge in [-0.25, -0.2) is 0 Å². The molecule has 2 atom stereocenters. The molecule has 1 aromatic heterocycles. The predicted octanol–water partition coefficient (Wildman–Crippen LogP) is 3.48. The van der Waals surface area contributed by atoms with Crippen LogP contribution in [0.4, 0.5) is 5.69 Å². The smallest absolute Gasteiger partial charge is 0.229 e. The summed E-state index contributed by atoms with van der Waals surface area (Å²) in [6.07, 6.45) is 1.85. The molecule has 4 nitrogen and oxygen atoms in total. The number of carbonyl (C=O) groups excluding carboxylic acids is 1. The Kier molecular flexibility index (Phi) is 4.20. The normalized spacial score (nSPS) is 19.9. The number of carbonyl (C=O) groups is 1. The zero-order chi connectivity index (χ0) is 17.2. The molecule has 4 heteroatoms. The summed E-state index contributed by atoms with van der Waals surface area (Å²) in [4.78, 5) is 17.3. The second-order valence-electron chi connectivity index (χ2n) is 6.62. The second kappa shape index (κ2) is 6.65. The Morgan fingerprint density at radius 3 is 2.80 bits per heavy atom. The number of hydrogen-bond acceptors (Lipinski definition) is 3. The lowest BCUT2D eigenvalue weighted by molar-refractivity contribution is -0.119. The number of amides is 1. The Bertz CT molecular complexity index is 907. The van der Waals surface area contributed by atoms with Gasteiger partial charge < -0.3 is 10.6 Å². The van der Waals surface area contributed by atoms with Gasteiger partial charge in [0.2, 0.25) is 5.91 Å². The largest absolute Gasteiger partial charge is 0.325 e. The third-order valence-corrected chi connectivity index (χ3v) is 4.94. The molecule has 1 saturated heterocycles. The van der Waals surface area contributed by atoms with E-state index in [1.165, 1.54) is 5.56 Å². The lowest BCUT2D eigenvalue weighted by Crippen LogP contribution is -2.28. The van der Waals surface area contributed by atoms with Gasteiger partial charge in [-0.3, -0.25) is 9.78 Å². The Morgan fingerprint density at radius 1 is 1.12 bits per heavy atom. The van der Waals surface area contributed by atoms with Crippen LogP contribution in [0.2, 0.25) is 0 Å². The Morgan fingerprint density at radius 2 is 1.96 bits per heavy atom. The molecule has 0 radical (unpaired) electrons. The first kappa shape index (κ1) is 15.8. The molecule has 0 unspecified atom stereocenters. The molecule has 0 spiro atoms. The van der Waals surface area contributed by atoms with Crippen molar-refractivity contribution in [3.63, 3.8) is 0 Å². The number of aryl methyl sites for hydroxylation is 1. The van der Waals surface area contributed by atoms with E-state index >= 15 is 0 Å². The van der Waals surface area contributed by atoms with Crippen LogP contribution in [-0.4, -0.2) is 24.0 Å². The summed E-state index contributed by atoms with van der Waals surface area (Å²) >= 11 is 0. The highest BCUT2D eigenvalue weighted by Crippen LogP contribution is 2.30. The van der Waals surface area contributed by atoms with E-state index in [2.05, 4.69) is 27.8 Å². The molecule has 2 aromatic carbocycles. The molecule has 3 aromatic rings. The van der Waals surface area contributed by atoms with Crippen molar-refractivity contribution >= 4 is 22.4 Å². The van der Waals surface area contributed by atoms with Crippen molar-refractivity contribution < 1.29 is 4.79 Å². The third kappa shape index (κ3) is 3.13. The highest BCUT2D eigenvalue weighted by atomic mass is 16.1. The van der Waals surface area contributed by atoms with Crippen molar-refractivity contribution in [2.75, 3.05) is 18.4 Å². The molecule has 1 fully saturated rings. The molecule has 2 heterocycles. The molecular weight excluding hydrogens is 310 g/mol. The van der Waals surface area contributed by atoms with Gasteiger partial charge in [0.05, 0.1) is 5.92 Å². The zero-order valence-electron chi connectivity index (χ0n) is 14.2. The van der Waals surface area contributed by atoms with E-state index in [0.29, 0.717) is 6.54 Å². The van der Waals surface area contributed by atoms with Crippen LogP contribution in [0.5, 0.6) is 0 Å². The van der Waals surface area contributed by atoms with E-state index < -0.39 is 0 Å². The van der Waals surface area contributed by atoms with Crippen LogP contribution >= 0.6 is 0 Å². The van der Waals surface area contributed by atoms with Crippen LogP contribution < -0.4 is 10.6 Å². The molecule has 1 aliphatic rings. The highest BCUT2D eigenvalue weighted by molar-refractivity contribution is 6.03. The number of anilines is 1. The van der Waals surface area contributed by atoms with Gasteiger partial charge in [0, 0.05) is 47.4 Å². The van der Waals surface area contributed by atoms with Crippen LogP contribution in [0.25, 0.3) is 10.8 Å².